The molecule has 0 unspecified atom stereocenters. The molecular weight excluding hydrogens is 386 g/mol. The van der Waals surface area contributed by atoms with Gasteiger partial charge in [0.25, 0.3) is 10.0 Å². The fourth-order valence-electron chi connectivity index (χ4n) is 3.56. The van der Waals surface area contributed by atoms with Crippen molar-refractivity contribution in [2.75, 3.05) is 4.72 Å². The molecule has 1 fully saturated rings. The van der Waals surface area contributed by atoms with Crippen LogP contribution in [0, 0.1) is 27.7 Å². The van der Waals surface area contributed by atoms with E-state index in [-0.39, 0.29) is 0 Å². The minimum Gasteiger partial charge on any atom is -0.339 e. The first-order chi connectivity index (χ1) is 13.8. The molecule has 7 heteroatoms. The molecule has 0 aliphatic heterocycles. The van der Waals surface area contributed by atoms with Crippen LogP contribution in [0.1, 0.15) is 58.3 Å². The Balaban J connectivity index is 1.66. The van der Waals surface area contributed by atoms with Crippen molar-refractivity contribution in [2.45, 2.75) is 57.8 Å². The first-order valence-electron chi connectivity index (χ1n) is 9.77. The lowest BCUT2D eigenvalue weighted by molar-refractivity contribution is 0.379. The van der Waals surface area contributed by atoms with E-state index in [1.54, 1.807) is 6.07 Å². The van der Waals surface area contributed by atoms with Gasteiger partial charge in [-0.1, -0.05) is 29.4 Å². The van der Waals surface area contributed by atoms with E-state index in [9.17, 15) is 8.42 Å². The van der Waals surface area contributed by atoms with E-state index in [0.29, 0.717) is 28.8 Å². The SMILES string of the molecule is Cc1cc(C)c(C)c(S(=O)(=O)Nc2ccccc2Cc2nc(C3CC3)no2)c1C. The predicted octanol–water partition coefficient (Wildman–Crippen LogP) is 4.57. The average Bonchev–Trinajstić information content (AvgIpc) is 3.41. The van der Waals surface area contributed by atoms with Gasteiger partial charge in [-0.2, -0.15) is 4.98 Å². The summed E-state index contributed by atoms with van der Waals surface area (Å²) in [5.74, 6) is 1.66. The van der Waals surface area contributed by atoms with Gasteiger partial charge >= 0.3 is 0 Å². The Morgan fingerprint density at radius 3 is 2.38 bits per heavy atom. The standard InChI is InChI=1S/C22H25N3O3S/c1-13-11-14(2)16(4)21(15(13)3)29(26,27)25-19-8-6-5-7-18(19)12-20-23-22(24-28-20)17-9-10-17/h5-8,11,17,25H,9-10,12H2,1-4H3. The summed E-state index contributed by atoms with van der Waals surface area (Å²) < 4.78 is 34.7. The average molecular weight is 412 g/mol. The van der Waals surface area contributed by atoms with Gasteiger partial charge in [0.2, 0.25) is 5.89 Å². The zero-order chi connectivity index (χ0) is 20.8. The van der Waals surface area contributed by atoms with Crippen molar-refractivity contribution >= 4 is 15.7 Å². The van der Waals surface area contributed by atoms with Crippen LogP contribution in [-0.4, -0.2) is 18.6 Å². The predicted molar refractivity (Wildman–Crippen MR) is 112 cm³/mol. The van der Waals surface area contributed by atoms with E-state index in [1.165, 1.54) is 0 Å². The first-order valence-corrected chi connectivity index (χ1v) is 11.2. The molecule has 3 aromatic rings. The Morgan fingerprint density at radius 1 is 1.07 bits per heavy atom. The number of sulfonamides is 1. The maximum Gasteiger partial charge on any atom is 0.262 e. The van der Waals surface area contributed by atoms with Crippen LogP contribution in [0.4, 0.5) is 5.69 Å². The lowest BCUT2D eigenvalue weighted by Gasteiger charge is -2.18. The van der Waals surface area contributed by atoms with Crippen molar-refractivity contribution in [2.24, 2.45) is 0 Å². The van der Waals surface area contributed by atoms with Gasteiger partial charge in [-0.15, -0.1) is 0 Å². The smallest absolute Gasteiger partial charge is 0.262 e. The highest BCUT2D eigenvalue weighted by molar-refractivity contribution is 7.92. The molecule has 152 valence electrons. The van der Waals surface area contributed by atoms with Crippen molar-refractivity contribution < 1.29 is 12.9 Å². The number of nitrogens with one attached hydrogen (secondary N) is 1. The minimum atomic E-state index is -3.75. The molecule has 0 atom stereocenters. The summed E-state index contributed by atoms with van der Waals surface area (Å²) in [7, 11) is -3.75. The van der Waals surface area contributed by atoms with E-state index in [1.807, 2.05) is 52.0 Å². The molecular formula is C22H25N3O3S. The Labute approximate surface area is 171 Å². The molecule has 4 rings (SSSR count). The number of para-hydroxylation sites is 1. The second-order valence-electron chi connectivity index (χ2n) is 7.85. The number of hydrogen-bond donors (Lipinski definition) is 1. The van der Waals surface area contributed by atoms with Crippen LogP contribution in [0.2, 0.25) is 0 Å². The zero-order valence-corrected chi connectivity index (χ0v) is 17.9. The molecule has 0 bridgehead atoms. The van der Waals surface area contributed by atoms with Crippen LogP contribution in [0.15, 0.2) is 39.8 Å². The molecule has 29 heavy (non-hydrogen) atoms. The summed E-state index contributed by atoms with van der Waals surface area (Å²) in [4.78, 5) is 4.81. The molecule has 1 aliphatic carbocycles. The third-order valence-corrected chi connectivity index (χ3v) is 7.23. The van der Waals surface area contributed by atoms with Gasteiger partial charge in [-0.05, 0) is 74.4 Å². The zero-order valence-electron chi connectivity index (χ0n) is 17.1. The topological polar surface area (TPSA) is 85.1 Å². The van der Waals surface area contributed by atoms with E-state index in [0.717, 1.165) is 46.5 Å². The molecule has 0 spiro atoms. The van der Waals surface area contributed by atoms with Gasteiger partial charge < -0.3 is 4.52 Å². The summed E-state index contributed by atoms with van der Waals surface area (Å²) in [6.45, 7) is 7.56. The molecule has 0 saturated heterocycles. The number of benzene rings is 2. The van der Waals surface area contributed by atoms with E-state index < -0.39 is 10.0 Å². The number of nitrogens with zero attached hydrogens (tertiary/aromatic N) is 2. The fraction of sp³-hybridized carbons (Fsp3) is 0.364. The maximum atomic E-state index is 13.3. The summed E-state index contributed by atoms with van der Waals surface area (Å²) in [5.41, 5.74) is 4.77. The van der Waals surface area contributed by atoms with Crippen molar-refractivity contribution in [3.8, 4) is 0 Å². The monoisotopic (exact) mass is 411 g/mol. The number of aryl methyl sites for hydroxylation is 2. The van der Waals surface area contributed by atoms with Crippen molar-refractivity contribution in [1.82, 2.24) is 10.1 Å². The molecule has 0 radical (unpaired) electrons. The molecule has 0 amide bonds. The highest BCUT2D eigenvalue weighted by Gasteiger charge is 2.29. The molecule has 2 aromatic carbocycles. The van der Waals surface area contributed by atoms with Gasteiger partial charge in [0, 0.05) is 5.92 Å². The van der Waals surface area contributed by atoms with E-state index in [4.69, 9.17) is 4.52 Å². The third-order valence-electron chi connectivity index (χ3n) is 5.60. The summed E-state index contributed by atoms with van der Waals surface area (Å²) in [6, 6.07) is 9.34. The summed E-state index contributed by atoms with van der Waals surface area (Å²) >= 11 is 0. The largest absolute Gasteiger partial charge is 0.339 e. The maximum absolute atomic E-state index is 13.3. The van der Waals surface area contributed by atoms with E-state index in [2.05, 4.69) is 14.9 Å². The Morgan fingerprint density at radius 2 is 1.72 bits per heavy atom. The number of hydrogen-bond acceptors (Lipinski definition) is 5. The number of aromatic nitrogens is 2. The van der Waals surface area contributed by atoms with E-state index >= 15 is 0 Å². The van der Waals surface area contributed by atoms with Crippen molar-refractivity contribution in [3.05, 3.63) is 69.9 Å². The summed E-state index contributed by atoms with van der Waals surface area (Å²) in [6.07, 6.45) is 2.58. The van der Waals surface area contributed by atoms with Crippen LogP contribution >= 0.6 is 0 Å². The van der Waals surface area contributed by atoms with Gasteiger partial charge in [0.05, 0.1) is 17.0 Å². The highest BCUT2D eigenvalue weighted by Crippen LogP contribution is 2.38. The molecule has 1 saturated carbocycles. The van der Waals surface area contributed by atoms with Crippen molar-refractivity contribution in [1.29, 1.82) is 0 Å². The van der Waals surface area contributed by atoms with Crippen LogP contribution in [0.25, 0.3) is 0 Å². The lowest BCUT2D eigenvalue weighted by Crippen LogP contribution is -2.18. The van der Waals surface area contributed by atoms with Gasteiger partial charge in [0.15, 0.2) is 5.82 Å². The van der Waals surface area contributed by atoms with Crippen LogP contribution in [-0.2, 0) is 16.4 Å². The molecule has 1 heterocycles. The fourth-order valence-corrected chi connectivity index (χ4v) is 5.28. The highest BCUT2D eigenvalue weighted by atomic mass is 32.2. The molecule has 1 aliphatic rings. The Bertz CT molecular complexity index is 1150. The number of anilines is 1. The number of rotatable bonds is 6. The van der Waals surface area contributed by atoms with Crippen LogP contribution in [0.5, 0.6) is 0 Å². The molecule has 1 N–H and O–H groups in total. The molecule has 1 aromatic heterocycles. The third kappa shape index (κ3) is 3.92. The Kier molecular flexibility index (Phi) is 4.94. The molecule has 6 nitrogen and oxygen atoms in total. The minimum absolute atomic E-state index is 0.346. The van der Waals surface area contributed by atoms with Gasteiger partial charge in [-0.3, -0.25) is 4.72 Å². The second-order valence-corrected chi connectivity index (χ2v) is 9.47. The lowest BCUT2D eigenvalue weighted by atomic mass is 10.0. The van der Waals surface area contributed by atoms with Gasteiger partial charge in [-0.25, -0.2) is 8.42 Å². The second kappa shape index (κ2) is 7.30. The Hall–Kier alpha value is -2.67. The van der Waals surface area contributed by atoms with Gasteiger partial charge in [0.1, 0.15) is 0 Å². The normalized spacial score (nSPS) is 14.2. The van der Waals surface area contributed by atoms with Crippen LogP contribution < -0.4 is 4.72 Å². The summed E-state index contributed by atoms with van der Waals surface area (Å²) in [5, 5.41) is 4.04. The van der Waals surface area contributed by atoms with Crippen LogP contribution in [0.3, 0.4) is 0 Å². The van der Waals surface area contributed by atoms with Crippen molar-refractivity contribution in [3.63, 3.8) is 0 Å². The first kappa shape index (κ1) is 19.6. The quantitative estimate of drug-likeness (QED) is 0.642.